The summed E-state index contributed by atoms with van der Waals surface area (Å²) >= 11 is 0. The minimum absolute atomic E-state index is 0.157. The molecule has 1 aliphatic carbocycles. The molecule has 0 aromatic heterocycles. The largest absolute Gasteiger partial charge is 0.319 e. The molecule has 6 nitrogen and oxygen atoms in total. The Hall–Kier alpha value is -2.02. The van der Waals surface area contributed by atoms with Gasteiger partial charge in [-0.2, -0.15) is 0 Å². The van der Waals surface area contributed by atoms with Gasteiger partial charge in [0.2, 0.25) is 5.91 Å². The van der Waals surface area contributed by atoms with Gasteiger partial charge in [0.25, 0.3) is 5.69 Å². The molecule has 0 heterocycles. The van der Waals surface area contributed by atoms with E-state index in [2.05, 4.69) is 5.32 Å². The maximum atomic E-state index is 13.2. The van der Waals surface area contributed by atoms with Gasteiger partial charge in [0.15, 0.2) is 0 Å². The lowest BCUT2D eigenvalue weighted by Crippen LogP contribution is -2.52. The van der Waals surface area contributed by atoms with Crippen LogP contribution in [0.4, 0.5) is 15.8 Å². The number of hydrogen-bond acceptors (Lipinski definition) is 4. The lowest BCUT2D eigenvalue weighted by atomic mass is 9.82. The summed E-state index contributed by atoms with van der Waals surface area (Å²) in [5, 5.41) is 13.3. The van der Waals surface area contributed by atoms with Crippen molar-refractivity contribution in [2.24, 2.45) is 5.73 Å². The maximum Gasteiger partial charge on any atom is 0.292 e. The number of nitrogens with zero attached hydrogens (tertiary/aromatic N) is 1. The summed E-state index contributed by atoms with van der Waals surface area (Å²) in [7, 11) is 0. The van der Waals surface area contributed by atoms with Crippen LogP contribution in [0.3, 0.4) is 0 Å². The summed E-state index contributed by atoms with van der Waals surface area (Å²) in [5.74, 6) is -1.15. The van der Waals surface area contributed by atoms with Crippen molar-refractivity contribution in [2.45, 2.75) is 37.6 Å². The summed E-state index contributed by atoms with van der Waals surface area (Å²) in [6, 6.07) is 2.93. The molecule has 0 saturated heterocycles. The Bertz CT molecular complexity index is 542. The van der Waals surface area contributed by atoms with E-state index >= 15 is 0 Å². The number of carbonyl (C=O) groups is 1. The van der Waals surface area contributed by atoms with E-state index in [4.69, 9.17) is 5.73 Å². The van der Waals surface area contributed by atoms with Gasteiger partial charge in [-0.15, -0.1) is 0 Å². The van der Waals surface area contributed by atoms with Gasteiger partial charge in [0.05, 0.1) is 10.5 Å². The second-order valence-electron chi connectivity index (χ2n) is 5.09. The van der Waals surface area contributed by atoms with Crippen LogP contribution < -0.4 is 11.1 Å². The smallest absolute Gasteiger partial charge is 0.292 e. The van der Waals surface area contributed by atoms with Crippen molar-refractivity contribution in [1.82, 2.24) is 0 Å². The molecular formula is C13H16FN3O3. The molecule has 0 radical (unpaired) electrons. The number of benzene rings is 1. The van der Waals surface area contributed by atoms with Crippen LogP contribution in [0.1, 0.15) is 32.1 Å². The minimum Gasteiger partial charge on any atom is -0.319 e. The number of anilines is 1. The number of amides is 1. The van der Waals surface area contributed by atoms with Crippen LogP contribution in [-0.2, 0) is 4.79 Å². The number of nitro benzene ring substituents is 1. The summed E-state index contributed by atoms with van der Waals surface area (Å²) in [6.07, 6.45) is 3.76. The Labute approximate surface area is 115 Å². The van der Waals surface area contributed by atoms with Gasteiger partial charge in [0.1, 0.15) is 11.5 Å². The van der Waals surface area contributed by atoms with Gasteiger partial charge >= 0.3 is 0 Å². The minimum atomic E-state index is -1.03. The molecule has 0 bridgehead atoms. The van der Waals surface area contributed by atoms with Crippen LogP contribution in [0, 0.1) is 15.9 Å². The zero-order valence-electron chi connectivity index (χ0n) is 10.9. The van der Waals surface area contributed by atoms with Crippen LogP contribution >= 0.6 is 0 Å². The molecule has 1 aliphatic rings. The molecule has 1 fully saturated rings. The lowest BCUT2D eigenvalue weighted by Gasteiger charge is -2.31. The molecule has 1 saturated carbocycles. The van der Waals surface area contributed by atoms with Gasteiger partial charge in [-0.3, -0.25) is 14.9 Å². The monoisotopic (exact) mass is 281 g/mol. The fraction of sp³-hybridized carbons (Fsp3) is 0.462. The Morgan fingerprint density at radius 3 is 2.60 bits per heavy atom. The summed E-state index contributed by atoms with van der Waals surface area (Å²) < 4.78 is 13.2. The third-order valence-electron chi connectivity index (χ3n) is 3.60. The fourth-order valence-corrected chi connectivity index (χ4v) is 2.42. The van der Waals surface area contributed by atoms with Gasteiger partial charge in [-0.25, -0.2) is 4.39 Å². The second-order valence-corrected chi connectivity index (χ2v) is 5.09. The molecule has 20 heavy (non-hydrogen) atoms. The number of rotatable bonds is 3. The predicted octanol–water partition coefficient (Wildman–Crippen LogP) is 2.33. The molecule has 7 heteroatoms. The summed E-state index contributed by atoms with van der Waals surface area (Å²) in [4.78, 5) is 22.4. The van der Waals surface area contributed by atoms with Gasteiger partial charge in [-0.05, 0) is 18.9 Å². The van der Waals surface area contributed by atoms with Crippen LogP contribution in [-0.4, -0.2) is 16.4 Å². The standard InChI is InChI=1S/C13H16FN3O3/c14-9-4-5-11(17(19)20)10(8-9)16-12(18)13(15)6-2-1-3-7-13/h4-5,8H,1-3,6-7,15H2,(H,16,18). The van der Waals surface area contributed by atoms with E-state index in [9.17, 15) is 19.3 Å². The van der Waals surface area contributed by atoms with E-state index in [1.54, 1.807) is 0 Å². The number of nitro groups is 1. The first-order valence-corrected chi connectivity index (χ1v) is 6.47. The van der Waals surface area contributed by atoms with Crippen molar-refractivity contribution in [3.8, 4) is 0 Å². The predicted molar refractivity (Wildman–Crippen MR) is 71.7 cm³/mol. The molecule has 0 atom stereocenters. The average Bonchev–Trinajstić information content (AvgIpc) is 2.39. The highest BCUT2D eigenvalue weighted by atomic mass is 19.1. The van der Waals surface area contributed by atoms with Crippen LogP contribution in [0.5, 0.6) is 0 Å². The highest BCUT2D eigenvalue weighted by molar-refractivity contribution is 5.99. The third kappa shape index (κ3) is 2.93. The van der Waals surface area contributed by atoms with Crippen LogP contribution in [0.2, 0.25) is 0 Å². The number of halogens is 1. The molecule has 108 valence electrons. The first-order valence-electron chi connectivity index (χ1n) is 6.47. The molecule has 0 aliphatic heterocycles. The van der Waals surface area contributed by atoms with Crippen LogP contribution in [0.25, 0.3) is 0 Å². The zero-order chi connectivity index (χ0) is 14.8. The highest BCUT2D eigenvalue weighted by Crippen LogP contribution is 2.30. The second kappa shape index (κ2) is 5.54. The maximum absolute atomic E-state index is 13.2. The Balaban J connectivity index is 2.23. The average molecular weight is 281 g/mol. The SMILES string of the molecule is NC1(C(=O)Nc2cc(F)ccc2[N+](=O)[O-])CCCCC1. The van der Waals surface area contributed by atoms with Crippen molar-refractivity contribution in [3.05, 3.63) is 34.1 Å². The van der Waals surface area contributed by atoms with Gasteiger partial charge < -0.3 is 11.1 Å². The summed E-state index contributed by atoms with van der Waals surface area (Å²) in [5.41, 5.74) is 4.50. The molecule has 0 spiro atoms. The fourth-order valence-electron chi connectivity index (χ4n) is 2.42. The molecule has 2 rings (SSSR count). The Kier molecular flexibility index (Phi) is 3.99. The molecule has 3 N–H and O–H groups in total. The number of nitrogens with two attached hydrogens (primary N) is 1. The third-order valence-corrected chi connectivity index (χ3v) is 3.60. The first kappa shape index (κ1) is 14.4. The zero-order valence-corrected chi connectivity index (χ0v) is 10.9. The van der Waals surface area contributed by atoms with Gasteiger partial charge in [-0.1, -0.05) is 19.3 Å². The first-order chi connectivity index (χ1) is 9.42. The van der Waals surface area contributed by atoms with Crippen molar-refractivity contribution >= 4 is 17.3 Å². The van der Waals surface area contributed by atoms with Crippen molar-refractivity contribution in [1.29, 1.82) is 0 Å². The van der Waals surface area contributed by atoms with E-state index in [-0.39, 0.29) is 11.4 Å². The number of nitrogens with one attached hydrogen (secondary N) is 1. The molecule has 0 unspecified atom stereocenters. The van der Waals surface area contributed by atoms with Crippen molar-refractivity contribution in [3.63, 3.8) is 0 Å². The van der Waals surface area contributed by atoms with Crippen molar-refractivity contribution in [2.75, 3.05) is 5.32 Å². The van der Waals surface area contributed by atoms with Crippen LogP contribution in [0.15, 0.2) is 18.2 Å². The lowest BCUT2D eigenvalue weighted by molar-refractivity contribution is -0.384. The Morgan fingerprint density at radius 1 is 1.35 bits per heavy atom. The topological polar surface area (TPSA) is 98.3 Å². The van der Waals surface area contributed by atoms with E-state index in [0.29, 0.717) is 12.8 Å². The molecule has 1 aromatic rings. The quantitative estimate of drug-likeness (QED) is 0.656. The Morgan fingerprint density at radius 2 is 2.00 bits per heavy atom. The van der Waals surface area contributed by atoms with E-state index < -0.39 is 22.2 Å². The van der Waals surface area contributed by atoms with Crippen molar-refractivity contribution < 1.29 is 14.1 Å². The number of carbonyl (C=O) groups excluding carboxylic acids is 1. The van der Waals surface area contributed by atoms with E-state index in [1.807, 2.05) is 0 Å². The normalized spacial score (nSPS) is 17.5. The highest BCUT2D eigenvalue weighted by Gasteiger charge is 2.36. The number of hydrogen-bond donors (Lipinski definition) is 2. The molecular weight excluding hydrogens is 265 g/mol. The molecule has 1 amide bonds. The molecule has 1 aromatic carbocycles. The van der Waals surface area contributed by atoms with Gasteiger partial charge in [0, 0.05) is 12.1 Å². The van der Waals surface area contributed by atoms with E-state index in [1.165, 1.54) is 0 Å². The summed E-state index contributed by atoms with van der Waals surface area (Å²) in [6.45, 7) is 0. The van der Waals surface area contributed by atoms with E-state index in [0.717, 1.165) is 37.5 Å².